The third-order valence-electron chi connectivity index (χ3n) is 4.03. The number of carbonyl (C=O) groups excluding carboxylic acids is 1. The van der Waals surface area contributed by atoms with Gasteiger partial charge in [0.15, 0.2) is 5.79 Å². The molecule has 1 spiro atoms. The van der Waals surface area contributed by atoms with Gasteiger partial charge < -0.3 is 14.8 Å². The minimum absolute atomic E-state index is 0.126. The number of rotatable bonds is 3. The Kier molecular flexibility index (Phi) is 4.90. The molecule has 120 valence electrons. The third kappa shape index (κ3) is 3.55. The summed E-state index contributed by atoms with van der Waals surface area (Å²) < 4.78 is 11.4. The average molecular weight is 345 g/mol. The van der Waals surface area contributed by atoms with Crippen LogP contribution in [0.4, 0.5) is 5.69 Å². The second-order valence-electron chi connectivity index (χ2n) is 5.53. The van der Waals surface area contributed by atoms with E-state index in [0.717, 1.165) is 25.9 Å². The molecule has 0 atom stereocenters. The van der Waals surface area contributed by atoms with Gasteiger partial charge in [-0.15, -0.1) is 0 Å². The number of para-hydroxylation sites is 1. The molecular formula is C15H18Cl2N2O3. The van der Waals surface area contributed by atoms with Crippen LogP contribution in [0, 0.1) is 0 Å². The van der Waals surface area contributed by atoms with Crippen LogP contribution in [0.15, 0.2) is 18.2 Å². The standard InChI is InChI=1S/C15H18Cl2N2O3/c16-11-2-1-3-12(17)14(11)18-13(20)10-19-6-4-15(5-7-19)21-8-9-22-15/h1-3H,4-10H2,(H,18,20). The Hall–Kier alpha value is -0.850. The topological polar surface area (TPSA) is 50.8 Å². The summed E-state index contributed by atoms with van der Waals surface area (Å²) in [5, 5.41) is 3.65. The van der Waals surface area contributed by atoms with Crippen LogP contribution in [0.5, 0.6) is 0 Å². The van der Waals surface area contributed by atoms with Crippen molar-refractivity contribution in [3.05, 3.63) is 28.2 Å². The molecule has 2 aliphatic heterocycles. The van der Waals surface area contributed by atoms with Gasteiger partial charge in [-0.25, -0.2) is 0 Å². The van der Waals surface area contributed by atoms with Gasteiger partial charge in [0.25, 0.3) is 0 Å². The normalized spacial score (nSPS) is 21.2. The van der Waals surface area contributed by atoms with Crippen molar-refractivity contribution in [3.8, 4) is 0 Å². The summed E-state index contributed by atoms with van der Waals surface area (Å²) in [4.78, 5) is 14.2. The molecule has 1 aromatic carbocycles. The van der Waals surface area contributed by atoms with Gasteiger partial charge in [0.05, 0.1) is 35.5 Å². The van der Waals surface area contributed by atoms with Crippen molar-refractivity contribution in [1.29, 1.82) is 0 Å². The Morgan fingerprint density at radius 3 is 2.36 bits per heavy atom. The number of carbonyl (C=O) groups is 1. The number of anilines is 1. The second-order valence-corrected chi connectivity index (χ2v) is 6.34. The number of amides is 1. The molecule has 2 heterocycles. The Balaban J connectivity index is 1.52. The van der Waals surface area contributed by atoms with Gasteiger partial charge in [-0.1, -0.05) is 29.3 Å². The zero-order chi connectivity index (χ0) is 15.6. The van der Waals surface area contributed by atoms with Crippen molar-refractivity contribution < 1.29 is 14.3 Å². The highest BCUT2D eigenvalue weighted by molar-refractivity contribution is 6.39. The number of piperidine rings is 1. The van der Waals surface area contributed by atoms with E-state index in [4.69, 9.17) is 32.7 Å². The summed E-state index contributed by atoms with van der Waals surface area (Å²) in [6.07, 6.45) is 1.57. The van der Waals surface area contributed by atoms with E-state index in [2.05, 4.69) is 10.2 Å². The lowest BCUT2D eigenvalue weighted by Crippen LogP contribution is -2.47. The molecule has 0 bridgehead atoms. The highest BCUT2D eigenvalue weighted by Gasteiger charge is 2.39. The van der Waals surface area contributed by atoms with Crippen molar-refractivity contribution in [3.63, 3.8) is 0 Å². The molecule has 0 unspecified atom stereocenters. The largest absolute Gasteiger partial charge is 0.347 e. The van der Waals surface area contributed by atoms with Crippen LogP contribution in [-0.2, 0) is 14.3 Å². The molecule has 1 aromatic rings. The molecule has 2 fully saturated rings. The maximum atomic E-state index is 12.2. The van der Waals surface area contributed by atoms with Crippen LogP contribution in [0.2, 0.25) is 10.0 Å². The molecule has 0 aromatic heterocycles. The van der Waals surface area contributed by atoms with Gasteiger partial charge in [0.2, 0.25) is 5.91 Å². The van der Waals surface area contributed by atoms with E-state index >= 15 is 0 Å². The fourth-order valence-corrected chi connectivity index (χ4v) is 3.33. The maximum Gasteiger partial charge on any atom is 0.238 e. The van der Waals surface area contributed by atoms with E-state index in [1.807, 2.05) is 0 Å². The van der Waals surface area contributed by atoms with Crippen molar-refractivity contribution in [2.75, 3.05) is 38.2 Å². The number of halogens is 2. The summed E-state index contributed by atoms with van der Waals surface area (Å²) >= 11 is 12.1. The van der Waals surface area contributed by atoms with Crippen molar-refractivity contribution in [1.82, 2.24) is 4.90 Å². The first-order valence-corrected chi connectivity index (χ1v) is 8.08. The second kappa shape index (κ2) is 6.72. The molecule has 2 aliphatic rings. The quantitative estimate of drug-likeness (QED) is 0.915. The molecule has 0 saturated carbocycles. The number of nitrogens with zero attached hydrogens (tertiary/aromatic N) is 1. The van der Waals surface area contributed by atoms with Crippen LogP contribution in [-0.4, -0.2) is 49.4 Å². The van der Waals surface area contributed by atoms with E-state index < -0.39 is 5.79 Å². The molecule has 1 amide bonds. The summed E-state index contributed by atoms with van der Waals surface area (Å²) in [6, 6.07) is 5.14. The first kappa shape index (κ1) is 16.0. The Bertz CT molecular complexity index is 531. The molecule has 7 heteroatoms. The summed E-state index contributed by atoms with van der Waals surface area (Å²) in [5.41, 5.74) is 0.465. The Morgan fingerprint density at radius 2 is 1.77 bits per heavy atom. The van der Waals surface area contributed by atoms with E-state index in [9.17, 15) is 4.79 Å². The van der Waals surface area contributed by atoms with Gasteiger partial charge in [-0.3, -0.25) is 9.69 Å². The lowest BCUT2D eigenvalue weighted by atomic mass is 10.0. The molecule has 2 saturated heterocycles. The fraction of sp³-hybridized carbons (Fsp3) is 0.533. The minimum atomic E-state index is -0.418. The number of ether oxygens (including phenoxy) is 2. The van der Waals surface area contributed by atoms with Gasteiger partial charge in [-0.2, -0.15) is 0 Å². The number of hydrogen-bond donors (Lipinski definition) is 1. The predicted molar refractivity (Wildman–Crippen MR) is 85.4 cm³/mol. The van der Waals surface area contributed by atoms with Gasteiger partial charge in [0, 0.05) is 25.9 Å². The van der Waals surface area contributed by atoms with Crippen LogP contribution in [0.1, 0.15) is 12.8 Å². The van der Waals surface area contributed by atoms with Crippen LogP contribution in [0.3, 0.4) is 0 Å². The third-order valence-corrected chi connectivity index (χ3v) is 4.66. The van der Waals surface area contributed by atoms with Crippen LogP contribution >= 0.6 is 23.2 Å². The van der Waals surface area contributed by atoms with Gasteiger partial charge in [0.1, 0.15) is 0 Å². The molecule has 0 radical (unpaired) electrons. The van der Waals surface area contributed by atoms with Crippen molar-refractivity contribution in [2.45, 2.75) is 18.6 Å². The zero-order valence-corrected chi connectivity index (χ0v) is 13.6. The highest BCUT2D eigenvalue weighted by Crippen LogP contribution is 2.32. The van der Waals surface area contributed by atoms with Gasteiger partial charge >= 0.3 is 0 Å². The van der Waals surface area contributed by atoms with E-state index in [-0.39, 0.29) is 5.91 Å². The molecule has 5 nitrogen and oxygen atoms in total. The van der Waals surface area contributed by atoms with Crippen LogP contribution < -0.4 is 5.32 Å². The average Bonchev–Trinajstić information content (AvgIpc) is 2.94. The maximum absolute atomic E-state index is 12.2. The number of nitrogens with one attached hydrogen (secondary N) is 1. The summed E-state index contributed by atoms with van der Waals surface area (Å²) in [6.45, 7) is 3.15. The van der Waals surface area contributed by atoms with E-state index in [1.165, 1.54) is 0 Å². The Labute approximate surface area is 139 Å². The first-order chi connectivity index (χ1) is 10.6. The SMILES string of the molecule is O=C(CN1CCC2(CC1)OCCO2)Nc1c(Cl)cccc1Cl. The van der Waals surface area contributed by atoms with Gasteiger partial charge in [-0.05, 0) is 12.1 Å². The van der Waals surface area contributed by atoms with E-state index in [0.29, 0.717) is 35.5 Å². The smallest absolute Gasteiger partial charge is 0.238 e. The molecule has 22 heavy (non-hydrogen) atoms. The molecule has 1 N–H and O–H groups in total. The summed E-state index contributed by atoms with van der Waals surface area (Å²) in [7, 11) is 0. The van der Waals surface area contributed by atoms with Crippen molar-refractivity contribution >= 4 is 34.8 Å². The Morgan fingerprint density at radius 1 is 1.18 bits per heavy atom. The number of likely N-dealkylation sites (tertiary alicyclic amines) is 1. The predicted octanol–water partition coefficient (Wildman–Crippen LogP) is 2.77. The lowest BCUT2D eigenvalue weighted by Gasteiger charge is -2.37. The highest BCUT2D eigenvalue weighted by atomic mass is 35.5. The number of benzene rings is 1. The molecule has 3 rings (SSSR count). The minimum Gasteiger partial charge on any atom is -0.347 e. The molecule has 0 aliphatic carbocycles. The first-order valence-electron chi connectivity index (χ1n) is 7.32. The summed E-state index contributed by atoms with van der Waals surface area (Å²) in [5.74, 6) is -0.543. The van der Waals surface area contributed by atoms with E-state index in [1.54, 1.807) is 18.2 Å². The van der Waals surface area contributed by atoms with Crippen LogP contribution in [0.25, 0.3) is 0 Å². The molecular weight excluding hydrogens is 327 g/mol. The zero-order valence-electron chi connectivity index (χ0n) is 12.1. The lowest BCUT2D eigenvalue weighted by molar-refractivity contribution is -0.185. The monoisotopic (exact) mass is 344 g/mol. The fourth-order valence-electron chi connectivity index (χ4n) is 2.84. The number of hydrogen-bond acceptors (Lipinski definition) is 4. The van der Waals surface area contributed by atoms with Crippen molar-refractivity contribution in [2.24, 2.45) is 0 Å².